The van der Waals surface area contributed by atoms with E-state index in [9.17, 15) is 5.11 Å². The first-order chi connectivity index (χ1) is 5.70. The van der Waals surface area contributed by atoms with Crippen LogP contribution in [-0.2, 0) is 0 Å². The molecular formula is C9H19NO2. The summed E-state index contributed by atoms with van der Waals surface area (Å²) in [6.07, 6.45) is 3.73. The van der Waals surface area contributed by atoms with Crippen LogP contribution in [0.5, 0.6) is 0 Å². The Hall–Kier alpha value is -0.120. The zero-order valence-corrected chi connectivity index (χ0v) is 7.66. The molecule has 0 aromatic carbocycles. The lowest BCUT2D eigenvalue weighted by Crippen LogP contribution is -2.44. The molecule has 72 valence electrons. The molecule has 1 aliphatic rings. The van der Waals surface area contributed by atoms with Crippen LogP contribution in [0, 0.1) is 0 Å². The van der Waals surface area contributed by atoms with E-state index in [1.165, 1.54) is 6.42 Å². The highest BCUT2D eigenvalue weighted by Gasteiger charge is 2.22. The third kappa shape index (κ3) is 3.09. The Morgan fingerprint density at radius 1 is 1.42 bits per heavy atom. The summed E-state index contributed by atoms with van der Waals surface area (Å²) < 4.78 is 0. The number of hydrogen-bond donors (Lipinski definition) is 3. The van der Waals surface area contributed by atoms with Gasteiger partial charge in [-0.05, 0) is 19.8 Å². The summed E-state index contributed by atoms with van der Waals surface area (Å²) in [6.45, 7) is 2.34. The van der Waals surface area contributed by atoms with Gasteiger partial charge in [-0.15, -0.1) is 0 Å². The van der Waals surface area contributed by atoms with E-state index in [4.69, 9.17) is 5.11 Å². The SMILES string of the molecule is CC(O)CNC1CCCCC1O. The van der Waals surface area contributed by atoms with Crippen molar-refractivity contribution in [2.45, 2.75) is 50.9 Å². The van der Waals surface area contributed by atoms with Gasteiger partial charge in [-0.1, -0.05) is 12.8 Å². The molecule has 0 heterocycles. The fraction of sp³-hybridized carbons (Fsp3) is 1.00. The Balaban J connectivity index is 2.20. The molecule has 0 aliphatic heterocycles. The Kier molecular flexibility index (Phi) is 3.98. The molecule has 3 unspecified atom stereocenters. The highest BCUT2D eigenvalue weighted by Crippen LogP contribution is 2.17. The lowest BCUT2D eigenvalue weighted by molar-refractivity contribution is 0.0821. The van der Waals surface area contributed by atoms with Gasteiger partial charge in [-0.25, -0.2) is 0 Å². The van der Waals surface area contributed by atoms with E-state index in [1.54, 1.807) is 6.92 Å². The van der Waals surface area contributed by atoms with Gasteiger partial charge in [-0.2, -0.15) is 0 Å². The van der Waals surface area contributed by atoms with E-state index in [-0.39, 0.29) is 18.2 Å². The summed E-state index contributed by atoms with van der Waals surface area (Å²) in [5, 5.41) is 21.7. The molecule has 12 heavy (non-hydrogen) atoms. The Morgan fingerprint density at radius 3 is 2.67 bits per heavy atom. The predicted octanol–water partition coefficient (Wildman–Crippen LogP) is 0.260. The lowest BCUT2D eigenvalue weighted by atomic mass is 9.92. The molecule has 1 saturated carbocycles. The van der Waals surface area contributed by atoms with Crippen molar-refractivity contribution in [2.75, 3.05) is 6.54 Å². The maximum Gasteiger partial charge on any atom is 0.0693 e. The molecule has 0 aromatic rings. The summed E-state index contributed by atoms with van der Waals surface area (Å²) in [5.41, 5.74) is 0. The highest BCUT2D eigenvalue weighted by molar-refractivity contribution is 4.80. The topological polar surface area (TPSA) is 52.5 Å². The molecule has 3 nitrogen and oxygen atoms in total. The number of nitrogens with one attached hydrogen (secondary N) is 1. The fourth-order valence-corrected chi connectivity index (χ4v) is 1.67. The van der Waals surface area contributed by atoms with Crippen LogP contribution in [0.3, 0.4) is 0 Å². The monoisotopic (exact) mass is 173 g/mol. The number of aliphatic hydroxyl groups excluding tert-OH is 2. The van der Waals surface area contributed by atoms with Gasteiger partial charge >= 0.3 is 0 Å². The average Bonchev–Trinajstić information content (AvgIpc) is 2.03. The first-order valence-corrected chi connectivity index (χ1v) is 4.79. The summed E-state index contributed by atoms with van der Waals surface area (Å²) in [6, 6.07) is 0.202. The average molecular weight is 173 g/mol. The van der Waals surface area contributed by atoms with Gasteiger partial charge in [0.15, 0.2) is 0 Å². The Morgan fingerprint density at radius 2 is 2.08 bits per heavy atom. The van der Waals surface area contributed by atoms with Crippen molar-refractivity contribution < 1.29 is 10.2 Å². The predicted molar refractivity (Wildman–Crippen MR) is 47.9 cm³/mol. The molecule has 0 bridgehead atoms. The van der Waals surface area contributed by atoms with Crippen LogP contribution in [0.25, 0.3) is 0 Å². The quantitative estimate of drug-likeness (QED) is 0.574. The molecule has 3 N–H and O–H groups in total. The third-order valence-corrected chi connectivity index (χ3v) is 2.40. The third-order valence-electron chi connectivity index (χ3n) is 2.40. The smallest absolute Gasteiger partial charge is 0.0693 e. The second kappa shape index (κ2) is 4.80. The molecule has 0 spiro atoms. The van der Waals surface area contributed by atoms with E-state index < -0.39 is 0 Å². The highest BCUT2D eigenvalue weighted by atomic mass is 16.3. The minimum absolute atomic E-state index is 0.202. The first kappa shape index (κ1) is 9.96. The maximum atomic E-state index is 9.54. The number of hydrogen-bond acceptors (Lipinski definition) is 3. The van der Waals surface area contributed by atoms with Crippen molar-refractivity contribution in [3.8, 4) is 0 Å². The minimum Gasteiger partial charge on any atom is -0.392 e. The van der Waals surface area contributed by atoms with Crippen LogP contribution in [0.1, 0.15) is 32.6 Å². The zero-order valence-electron chi connectivity index (χ0n) is 7.66. The largest absolute Gasteiger partial charge is 0.392 e. The van der Waals surface area contributed by atoms with Gasteiger partial charge in [0.1, 0.15) is 0 Å². The van der Waals surface area contributed by atoms with E-state index >= 15 is 0 Å². The summed E-state index contributed by atoms with van der Waals surface area (Å²) in [5.74, 6) is 0. The van der Waals surface area contributed by atoms with E-state index in [0.717, 1.165) is 19.3 Å². The van der Waals surface area contributed by atoms with Crippen molar-refractivity contribution in [3.63, 3.8) is 0 Å². The second-order valence-electron chi connectivity index (χ2n) is 3.72. The second-order valence-corrected chi connectivity index (χ2v) is 3.72. The molecule has 1 fully saturated rings. The van der Waals surface area contributed by atoms with Crippen LogP contribution in [-0.4, -0.2) is 35.0 Å². The van der Waals surface area contributed by atoms with Crippen LogP contribution >= 0.6 is 0 Å². The molecule has 1 aliphatic carbocycles. The Labute approximate surface area is 73.8 Å². The van der Waals surface area contributed by atoms with E-state index in [0.29, 0.717) is 6.54 Å². The van der Waals surface area contributed by atoms with Crippen molar-refractivity contribution in [1.29, 1.82) is 0 Å². The van der Waals surface area contributed by atoms with Crippen molar-refractivity contribution >= 4 is 0 Å². The summed E-state index contributed by atoms with van der Waals surface area (Å²) in [7, 11) is 0. The van der Waals surface area contributed by atoms with Gasteiger partial charge in [0, 0.05) is 12.6 Å². The lowest BCUT2D eigenvalue weighted by Gasteiger charge is -2.28. The van der Waals surface area contributed by atoms with Crippen molar-refractivity contribution in [3.05, 3.63) is 0 Å². The first-order valence-electron chi connectivity index (χ1n) is 4.79. The molecule has 3 atom stereocenters. The number of rotatable bonds is 3. The molecule has 0 radical (unpaired) electrons. The van der Waals surface area contributed by atoms with Crippen LogP contribution < -0.4 is 5.32 Å². The standard InChI is InChI=1S/C9H19NO2/c1-7(11)6-10-8-4-2-3-5-9(8)12/h7-12H,2-6H2,1H3. The van der Waals surface area contributed by atoms with Gasteiger partial charge < -0.3 is 15.5 Å². The number of aliphatic hydroxyl groups is 2. The van der Waals surface area contributed by atoms with Gasteiger partial charge in [0.05, 0.1) is 12.2 Å². The van der Waals surface area contributed by atoms with Crippen molar-refractivity contribution in [2.24, 2.45) is 0 Å². The maximum absolute atomic E-state index is 9.54. The van der Waals surface area contributed by atoms with E-state index in [2.05, 4.69) is 5.32 Å². The van der Waals surface area contributed by atoms with Crippen LogP contribution in [0.4, 0.5) is 0 Å². The van der Waals surface area contributed by atoms with E-state index in [1.807, 2.05) is 0 Å². The summed E-state index contributed by atoms with van der Waals surface area (Å²) >= 11 is 0. The molecule has 3 heteroatoms. The molecule has 0 saturated heterocycles. The van der Waals surface area contributed by atoms with Gasteiger partial charge in [-0.3, -0.25) is 0 Å². The zero-order chi connectivity index (χ0) is 8.97. The van der Waals surface area contributed by atoms with Crippen LogP contribution in [0.15, 0.2) is 0 Å². The normalized spacial score (nSPS) is 33.2. The molecule has 1 rings (SSSR count). The molecule has 0 aromatic heterocycles. The van der Waals surface area contributed by atoms with Crippen molar-refractivity contribution in [1.82, 2.24) is 5.32 Å². The van der Waals surface area contributed by atoms with Gasteiger partial charge in [0.25, 0.3) is 0 Å². The summed E-state index contributed by atoms with van der Waals surface area (Å²) in [4.78, 5) is 0. The minimum atomic E-state index is -0.320. The van der Waals surface area contributed by atoms with Gasteiger partial charge in [0.2, 0.25) is 0 Å². The molecular weight excluding hydrogens is 154 g/mol. The molecule has 0 amide bonds. The Bertz CT molecular complexity index is 128. The van der Waals surface area contributed by atoms with Crippen LogP contribution in [0.2, 0.25) is 0 Å². The fourth-order valence-electron chi connectivity index (χ4n) is 1.67.